The lowest BCUT2D eigenvalue weighted by atomic mass is 10.0. The zero-order valence-electron chi connectivity index (χ0n) is 16.0. The Labute approximate surface area is 174 Å². The molecule has 148 valence electrons. The third-order valence-corrected chi connectivity index (χ3v) is 5.04. The van der Waals surface area contributed by atoms with Crippen molar-refractivity contribution in [2.45, 2.75) is 26.3 Å². The first-order valence-electron chi connectivity index (χ1n) is 8.91. The van der Waals surface area contributed by atoms with Crippen molar-refractivity contribution in [3.63, 3.8) is 0 Å². The Morgan fingerprint density at radius 3 is 2.48 bits per heavy atom. The van der Waals surface area contributed by atoms with E-state index in [0.717, 1.165) is 9.86 Å². The highest BCUT2D eigenvalue weighted by Crippen LogP contribution is 2.30. The summed E-state index contributed by atoms with van der Waals surface area (Å²) in [7, 11) is 0. The van der Waals surface area contributed by atoms with E-state index in [1.807, 2.05) is 32.9 Å². The topological polar surface area (TPSA) is 99.4 Å². The fourth-order valence-electron chi connectivity index (χ4n) is 3.32. The first kappa shape index (κ1) is 19.2. The summed E-state index contributed by atoms with van der Waals surface area (Å²) in [5.74, 6) is 0.384. The van der Waals surface area contributed by atoms with Crippen LogP contribution in [0.5, 0.6) is 0 Å². The molecule has 2 aromatic carbocycles. The van der Waals surface area contributed by atoms with Gasteiger partial charge in [-0.25, -0.2) is 9.78 Å². The molecular formula is C21H18BrN3O4. The van der Waals surface area contributed by atoms with Gasteiger partial charge in [-0.2, -0.15) is 0 Å². The summed E-state index contributed by atoms with van der Waals surface area (Å²) >= 11 is 3.43. The molecule has 0 aliphatic heterocycles. The molecule has 2 N–H and O–H groups in total. The molecule has 2 aromatic heterocycles. The van der Waals surface area contributed by atoms with Gasteiger partial charge < -0.3 is 14.5 Å². The molecule has 0 aliphatic carbocycles. The first-order valence-corrected chi connectivity index (χ1v) is 9.70. The van der Waals surface area contributed by atoms with Gasteiger partial charge in [-0.15, -0.1) is 0 Å². The Hall–Kier alpha value is -3.13. The zero-order chi connectivity index (χ0) is 20.9. The van der Waals surface area contributed by atoms with E-state index in [2.05, 4.69) is 25.9 Å². The first-order chi connectivity index (χ1) is 13.6. The van der Waals surface area contributed by atoms with Gasteiger partial charge in [0.15, 0.2) is 0 Å². The molecule has 0 saturated carbocycles. The molecule has 4 rings (SSSR count). The molecule has 0 radical (unpaired) electrons. The summed E-state index contributed by atoms with van der Waals surface area (Å²) in [5.41, 5.74) is 1.46. The number of furan rings is 1. The summed E-state index contributed by atoms with van der Waals surface area (Å²) in [6, 6.07) is 12.3. The number of nitrogens with one attached hydrogen (secondary N) is 1. The third-order valence-electron chi connectivity index (χ3n) is 4.55. The number of aromatic nitrogens is 2. The molecule has 29 heavy (non-hydrogen) atoms. The van der Waals surface area contributed by atoms with Crippen molar-refractivity contribution in [1.82, 2.24) is 9.97 Å². The molecule has 0 atom stereocenters. The van der Waals surface area contributed by atoms with Gasteiger partial charge in [-0.1, -0.05) is 15.9 Å². The Balaban J connectivity index is 1.83. The monoisotopic (exact) mass is 455 g/mol. The second kappa shape index (κ2) is 6.73. The van der Waals surface area contributed by atoms with Crippen molar-refractivity contribution in [3.05, 3.63) is 57.3 Å². The lowest BCUT2D eigenvalue weighted by Crippen LogP contribution is -2.45. The maximum atomic E-state index is 12.5. The molecule has 0 bridgehead atoms. The minimum absolute atomic E-state index is 0.170. The van der Waals surface area contributed by atoms with Crippen molar-refractivity contribution >= 4 is 49.8 Å². The minimum atomic E-state index is -1.03. The highest BCUT2D eigenvalue weighted by Gasteiger charge is 2.27. The van der Waals surface area contributed by atoms with Gasteiger partial charge in [0.1, 0.15) is 16.9 Å². The molecule has 8 heteroatoms. The molecule has 2 heterocycles. The number of carbonyl (C=O) groups is 1. The number of anilines is 1. The Bertz CT molecular complexity index is 1300. The Morgan fingerprint density at radius 2 is 1.86 bits per heavy atom. The SMILES string of the molecule is CC(C)(C)N(C(=O)O)c1ccc(-c2nc3c(oc4ccc(Br)cc43)c(=O)[nH]2)cc1. The van der Waals surface area contributed by atoms with E-state index in [0.29, 0.717) is 28.2 Å². The lowest BCUT2D eigenvalue weighted by molar-refractivity contribution is 0.195. The van der Waals surface area contributed by atoms with Crippen LogP contribution in [0.4, 0.5) is 10.5 Å². The van der Waals surface area contributed by atoms with Gasteiger partial charge in [-0.3, -0.25) is 9.69 Å². The third kappa shape index (κ3) is 3.40. The Morgan fingerprint density at radius 1 is 1.17 bits per heavy atom. The maximum Gasteiger partial charge on any atom is 0.412 e. The van der Waals surface area contributed by atoms with Gasteiger partial charge in [0.2, 0.25) is 5.58 Å². The van der Waals surface area contributed by atoms with Crippen LogP contribution in [-0.4, -0.2) is 26.7 Å². The largest absolute Gasteiger partial charge is 0.465 e. The van der Waals surface area contributed by atoms with E-state index in [1.165, 1.54) is 4.90 Å². The zero-order valence-corrected chi connectivity index (χ0v) is 17.6. The number of hydrogen-bond donors (Lipinski definition) is 2. The summed E-state index contributed by atoms with van der Waals surface area (Å²) in [6.07, 6.45) is -1.03. The van der Waals surface area contributed by atoms with Crippen LogP contribution in [0.2, 0.25) is 0 Å². The van der Waals surface area contributed by atoms with Crippen molar-refractivity contribution in [1.29, 1.82) is 0 Å². The van der Waals surface area contributed by atoms with Crippen molar-refractivity contribution < 1.29 is 14.3 Å². The predicted octanol–water partition coefficient (Wildman–Crippen LogP) is 5.38. The molecule has 1 amide bonds. The van der Waals surface area contributed by atoms with E-state index in [-0.39, 0.29) is 11.1 Å². The number of rotatable bonds is 2. The number of fused-ring (bicyclic) bond motifs is 3. The fourth-order valence-corrected chi connectivity index (χ4v) is 3.68. The number of hydrogen-bond acceptors (Lipinski definition) is 4. The van der Waals surface area contributed by atoms with Gasteiger partial charge in [0.25, 0.3) is 5.56 Å². The van der Waals surface area contributed by atoms with Crippen LogP contribution in [0.1, 0.15) is 20.8 Å². The quantitative estimate of drug-likeness (QED) is 0.422. The molecule has 7 nitrogen and oxygen atoms in total. The van der Waals surface area contributed by atoms with Crippen LogP contribution in [0.15, 0.2) is 56.1 Å². The van der Waals surface area contributed by atoms with E-state index in [9.17, 15) is 14.7 Å². The van der Waals surface area contributed by atoms with E-state index >= 15 is 0 Å². The number of benzene rings is 2. The predicted molar refractivity (Wildman–Crippen MR) is 116 cm³/mol. The number of amides is 1. The average molecular weight is 456 g/mol. The molecular weight excluding hydrogens is 438 g/mol. The van der Waals surface area contributed by atoms with Crippen LogP contribution < -0.4 is 10.5 Å². The van der Waals surface area contributed by atoms with Gasteiger partial charge in [0, 0.05) is 26.6 Å². The van der Waals surface area contributed by atoms with Crippen LogP contribution in [-0.2, 0) is 0 Å². The van der Waals surface area contributed by atoms with Gasteiger partial charge in [-0.05, 0) is 63.2 Å². The van der Waals surface area contributed by atoms with E-state index in [1.54, 1.807) is 30.3 Å². The summed E-state index contributed by atoms with van der Waals surface area (Å²) in [5, 5.41) is 10.3. The number of H-pyrrole nitrogens is 1. The van der Waals surface area contributed by atoms with Crippen molar-refractivity contribution in [2.75, 3.05) is 4.90 Å². The minimum Gasteiger partial charge on any atom is -0.465 e. The number of carboxylic acid groups (broad SMARTS) is 1. The van der Waals surface area contributed by atoms with Crippen molar-refractivity contribution in [3.8, 4) is 11.4 Å². The summed E-state index contributed by atoms with van der Waals surface area (Å²) in [4.78, 5) is 32.8. The smallest absolute Gasteiger partial charge is 0.412 e. The van der Waals surface area contributed by atoms with Crippen LogP contribution in [0.3, 0.4) is 0 Å². The number of nitrogens with zero attached hydrogens (tertiary/aromatic N) is 2. The van der Waals surface area contributed by atoms with Crippen molar-refractivity contribution in [2.24, 2.45) is 0 Å². The Kier molecular flexibility index (Phi) is 4.46. The van der Waals surface area contributed by atoms with E-state index < -0.39 is 11.6 Å². The highest BCUT2D eigenvalue weighted by molar-refractivity contribution is 9.10. The van der Waals surface area contributed by atoms with Crippen LogP contribution >= 0.6 is 15.9 Å². The van der Waals surface area contributed by atoms with Gasteiger partial charge in [0.05, 0.1) is 0 Å². The molecule has 0 fully saturated rings. The lowest BCUT2D eigenvalue weighted by Gasteiger charge is -2.33. The molecule has 0 spiro atoms. The average Bonchev–Trinajstić information content (AvgIpc) is 2.99. The van der Waals surface area contributed by atoms with E-state index in [4.69, 9.17) is 4.42 Å². The normalized spacial score (nSPS) is 11.9. The second-order valence-electron chi connectivity index (χ2n) is 7.67. The summed E-state index contributed by atoms with van der Waals surface area (Å²) < 4.78 is 6.50. The standard InChI is InChI=1S/C21H18BrN3O4/c1-21(2,3)25(20(27)28)13-7-4-11(5-8-13)18-23-16-14-10-12(22)6-9-15(14)29-17(16)19(26)24-18/h4-10H,1-3H3,(H,27,28)(H,23,24,26). The summed E-state index contributed by atoms with van der Waals surface area (Å²) in [6.45, 7) is 5.47. The fraction of sp³-hybridized carbons (Fsp3) is 0.190. The van der Waals surface area contributed by atoms with Gasteiger partial charge >= 0.3 is 6.09 Å². The molecule has 0 aliphatic rings. The number of halogens is 1. The maximum absolute atomic E-state index is 12.5. The van der Waals surface area contributed by atoms with Crippen LogP contribution in [0.25, 0.3) is 33.5 Å². The molecule has 0 saturated heterocycles. The molecule has 4 aromatic rings. The molecule has 0 unspecified atom stereocenters. The van der Waals surface area contributed by atoms with Crippen LogP contribution in [0, 0.1) is 0 Å². The second-order valence-corrected chi connectivity index (χ2v) is 8.59. The highest BCUT2D eigenvalue weighted by atomic mass is 79.9. The number of aromatic amines is 1.